The number of morpholine rings is 1. The minimum Gasteiger partial charge on any atom is -0.508 e. The summed E-state index contributed by atoms with van der Waals surface area (Å²) < 4.78 is 28.4. The number of aromatic hydroxyl groups is 1. The van der Waals surface area contributed by atoms with E-state index >= 15 is 4.39 Å². The zero-order chi connectivity index (χ0) is 28.4. The van der Waals surface area contributed by atoms with Crippen LogP contribution in [0.5, 0.6) is 11.8 Å². The van der Waals surface area contributed by atoms with E-state index < -0.39 is 5.82 Å². The number of phenols is 1. The number of phenolic OH excluding ortho intramolecular Hbond substituents is 1. The first-order valence-corrected chi connectivity index (χ1v) is 15.7. The number of ether oxygens (including phenoxy) is 2. The third-order valence-electron chi connectivity index (χ3n) is 9.64. The molecule has 2 aliphatic carbocycles. The van der Waals surface area contributed by atoms with E-state index in [2.05, 4.69) is 25.1 Å². The van der Waals surface area contributed by atoms with Crippen LogP contribution in [0.15, 0.2) is 18.3 Å². The second-order valence-corrected chi connectivity index (χ2v) is 13.3. The number of halogens is 2. The van der Waals surface area contributed by atoms with Crippen LogP contribution in [0.25, 0.3) is 22.2 Å². The molecule has 3 aliphatic heterocycles. The summed E-state index contributed by atoms with van der Waals surface area (Å²) in [6.45, 7) is 6.45. The molecule has 0 spiro atoms. The van der Waals surface area contributed by atoms with E-state index in [4.69, 9.17) is 26.1 Å². The summed E-state index contributed by atoms with van der Waals surface area (Å²) in [7, 11) is 0. The Balaban J connectivity index is 1.17. The van der Waals surface area contributed by atoms with E-state index in [0.717, 1.165) is 90.0 Å². The summed E-state index contributed by atoms with van der Waals surface area (Å²) in [5, 5.41) is 15.0. The lowest BCUT2D eigenvalue weighted by molar-refractivity contribution is 0.0231. The molecule has 2 aromatic heterocycles. The summed E-state index contributed by atoms with van der Waals surface area (Å²) in [6.07, 6.45) is 8.07. The van der Waals surface area contributed by atoms with Gasteiger partial charge in [0.15, 0.2) is 5.82 Å². The highest BCUT2D eigenvalue weighted by molar-refractivity contribution is 6.32. The van der Waals surface area contributed by atoms with Crippen LogP contribution in [0.1, 0.15) is 50.0 Å². The average Bonchev–Trinajstić information content (AvgIpc) is 3.92. The first-order chi connectivity index (χ1) is 20.4. The number of fused-ring (bicyclic) bond motifs is 3. The van der Waals surface area contributed by atoms with Gasteiger partial charge in [0.2, 0.25) is 0 Å². The van der Waals surface area contributed by atoms with Crippen LogP contribution in [-0.2, 0) is 4.74 Å². The van der Waals surface area contributed by atoms with Gasteiger partial charge >= 0.3 is 6.01 Å². The quantitative estimate of drug-likeness (QED) is 0.391. The first kappa shape index (κ1) is 26.8. The fourth-order valence-electron chi connectivity index (χ4n) is 7.05. The maximum absolute atomic E-state index is 16.6. The molecule has 2 bridgehead atoms. The molecule has 42 heavy (non-hydrogen) atoms. The Morgan fingerprint density at radius 2 is 1.86 bits per heavy atom. The van der Waals surface area contributed by atoms with Crippen molar-refractivity contribution in [3.05, 3.63) is 34.7 Å². The maximum Gasteiger partial charge on any atom is 0.319 e. The molecule has 0 radical (unpaired) electrons. The van der Waals surface area contributed by atoms with Gasteiger partial charge in [-0.15, -0.1) is 0 Å². The number of aromatic nitrogens is 3. The monoisotopic (exact) mass is 594 g/mol. The molecule has 3 aromatic rings. The number of hydrogen-bond acceptors (Lipinski definition) is 9. The molecule has 11 heteroatoms. The molecule has 5 fully saturated rings. The number of benzene rings is 1. The second kappa shape index (κ2) is 10.4. The van der Waals surface area contributed by atoms with Crippen molar-refractivity contribution in [2.45, 2.75) is 56.5 Å². The molecule has 9 nitrogen and oxygen atoms in total. The Bertz CT molecular complexity index is 1510. The fraction of sp³-hybridized carbons (Fsp3) is 0.581. The van der Waals surface area contributed by atoms with Crippen molar-refractivity contribution in [1.29, 1.82) is 0 Å². The third-order valence-corrected chi connectivity index (χ3v) is 9.95. The van der Waals surface area contributed by atoms with Crippen molar-refractivity contribution in [2.75, 3.05) is 57.4 Å². The molecule has 8 rings (SSSR count). The Morgan fingerprint density at radius 1 is 1.10 bits per heavy atom. The van der Waals surface area contributed by atoms with Gasteiger partial charge in [0.25, 0.3) is 0 Å². The SMILES string of the molecule is Oc1cc(Cl)c(C2CC2)c(-c2ncc3c(N4C[C@H]5CC[C@@H](C4)N5)nc(OCC4(CN5CCOCC5)CC4)nc3c2F)c1. The molecule has 5 aliphatic rings. The summed E-state index contributed by atoms with van der Waals surface area (Å²) >= 11 is 6.56. The third kappa shape index (κ3) is 5.06. The summed E-state index contributed by atoms with van der Waals surface area (Å²) in [4.78, 5) is 18.8. The van der Waals surface area contributed by atoms with Gasteiger partial charge in [-0.1, -0.05) is 11.6 Å². The lowest BCUT2D eigenvalue weighted by Crippen LogP contribution is -2.51. The van der Waals surface area contributed by atoms with Crippen molar-refractivity contribution in [3.8, 4) is 23.0 Å². The van der Waals surface area contributed by atoms with Crippen LogP contribution in [-0.4, -0.2) is 89.6 Å². The van der Waals surface area contributed by atoms with Crippen LogP contribution in [0.4, 0.5) is 10.2 Å². The van der Waals surface area contributed by atoms with Crippen LogP contribution in [0.2, 0.25) is 5.02 Å². The summed E-state index contributed by atoms with van der Waals surface area (Å²) in [6, 6.07) is 4.05. The van der Waals surface area contributed by atoms with Crippen LogP contribution < -0.4 is 15.0 Å². The van der Waals surface area contributed by atoms with Crippen molar-refractivity contribution in [3.63, 3.8) is 0 Å². The summed E-state index contributed by atoms with van der Waals surface area (Å²) in [5.74, 6) is 0.347. The number of nitrogens with zero attached hydrogens (tertiary/aromatic N) is 5. The van der Waals surface area contributed by atoms with E-state index in [1.165, 1.54) is 6.07 Å². The van der Waals surface area contributed by atoms with Crippen LogP contribution in [0, 0.1) is 11.2 Å². The largest absolute Gasteiger partial charge is 0.508 e. The highest BCUT2D eigenvalue weighted by Gasteiger charge is 2.45. The number of pyridine rings is 1. The van der Waals surface area contributed by atoms with E-state index in [0.29, 0.717) is 40.5 Å². The van der Waals surface area contributed by atoms with Gasteiger partial charge in [0.1, 0.15) is 22.8 Å². The lowest BCUT2D eigenvalue weighted by atomic mass is 9.98. The van der Waals surface area contributed by atoms with Gasteiger partial charge in [-0.25, -0.2) is 4.39 Å². The average molecular weight is 595 g/mol. The topological polar surface area (TPSA) is 95.9 Å². The number of nitrogens with one attached hydrogen (secondary N) is 1. The Labute approximate surface area is 249 Å². The van der Waals surface area contributed by atoms with Crippen molar-refractivity contribution >= 4 is 28.3 Å². The van der Waals surface area contributed by atoms with Crippen LogP contribution in [0.3, 0.4) is 0 Å². The molecule has 0 unspecified atom stereocenters. The Kier molecular flexibility index (Phi) is 6.66. The van der Waals surface area contributed by atoms with E-state index in [9.17, 15) is 5.11 Å². The zero-order valence-electron chi connectivity index (χ0n) is 23.6. The number of rotatable bonds is 8. The van der Waals surface area contributed by atoms with Crippen molar-refractivity contribution in [2.24, 2.45) is 5.41 Å². The standard InChI is InChI=1S/C31H36ClFN6O3/c32-24-12-21(40)11-22(25(24)18-1-2-18)27-26(33)28-23(13-34-27)29(39-14-19-3-4-20(15-39)35-19)37-30(36-28)42-17-31(5-6-31)16-38-7-9-41-10-8-38/h11-13,18-20,35,40H,1-10,14-17H2/t19-,20+. The molecule has 5 heterocycles. The highest BCUT2D eigenvalue weighted by atomic mass is 35.5. The number of hydrogen-bond donors (Lipinski definition) is 2. The van der Waals surface area contributed by atoms with Gasteiger partial charge in [-0.05, 0) is 62.1 Å². The normalized spacial score (nSPS) is 25.2. The van der Waals surface area contributed by atoms with E-state index in [1.54, 1.807) is 12.3 Å². The molecular weight excluding hydrogens is 559 g/mol. The minimum atomic E-state index is -0.544. The smallest absolute Gasteiger partial charge is 0.319 e. The molecule has 1 aromatic carbocycles. The van der Waals surface area contributed by atoms with Gasteiger partial charge in [-0.3, -0.25) is 9.88 Å². The van der Waals surface area contributed by atoms with Crippen LogP contribution >= 0.6 is 11.6 Å². The summed E-state index contributed by atoms with van der Waals surface area (Å²) in [5.41, 5.74) is 1.76. The maximum atomic E-state index is 16.6. The molecule has 2 atom stereocenters. The molecule has 0 amide bonds. The number of piperazine rings is 1. The second-order valence-electron chi connectivity index (χ2n) is 12.9. The zero-order valence-corrected chi connectivity index (χ0v) is 24.4. The van der Waals surface area contributed by atoms with Gasteiger partial charge in [-0.2, -0.15) is 9.97 Å². The molecule has 2 saturated carbocycles. The Morgan fingerprint density at radius 3 is 2.57 bits per heavy atom. The molecule has 3 saturated heterocycles. The molecule has 2 N–H and O–H groups in total. The van der Waals surface area contributed by atoms with Gasteiger partial charge in [0.05, 0.1) is 25.2 Å². The minimum absolute atomic E-state index is 0.0145. The van der Waals surface area contributed by atoms with Crippen molar-refractivity contribution < 1.29 is 19.0 Å². The lowest BCUT2D eigenvalue weighted by Gasteiger charge is -2.34. The first-order valence-electron chi connectivity index (χ1n) is 15.3. The number of anilines is 1. The van der Waals surface area contributed by atoms with E-state index in [-0.39, 0.29) is 34.3 Å². The molecule has 222 valence electrons. The predicted octanol–water partition coefficient (Wildman–Crippen LogP) is 4.50. The van der Waals surface area contributed by atoms with Gasteiger partial charge in [0, 0.05) is 67.0 Å². The van der Waals surface area contributed by atoms with Gasteiger partial charge < -0.3 is 24.8 Å². The predicted molar refractivity (Wildman–Crippen MR) is 158 cm³/mol. The highest BCUT2D eigenvalue weighted by Crippen LogP contribution is 2.50. The Hall–Kier alpha value is -2.79. The van der Waals surface area contributed by atoms with Crippen molar-refractivity contribution in [1.82, 2.24) is 25.2 Å². The molecular formula is C31H36ClFN6O3. The van der Waals surface area contributed by atoms with E-state index in [1.807, 2.05) is 0 Å². The fourth-order valence-corrected chi connectivity index (χ4v) is 7.42.